The molecule has 4 nitrogen and oxygen atoms in total. The number of benzene rings is 3. The normalized spacial score (nSPS) is 11.2. The Morgan fingerprint density at radius 3 is 2.11 bits per heavy atom. The second-order valence-corrected chi connectivity index (χ2v) is 7.07. The highest BCUT2D eigenvalue weighted by molar-refractivity contribution is 7.32. The van der Waals surface area contributed by atoms with Gasteiger partial charge in [-0.3, -0.25) is 4.79 Å². The summed E-state index contributed by atoms with van der Waals surface area (Å²) in [6.07, 6.45) is 0. The van der Waals surface area contributed by atoms with Gasteiger partial charge >= 0.3 is 8.25 Å². The molecule has 0 fully saturated rings. The Hall–Kier alpha value is -2.81. The van der Waals surface area contributed by atoms with Gasteiger partial charge in [0.15, 0.2) is 11.5 Å². The summed E-state index contributed by atoms with van der Waals surface area (Å²) in [7, 11) is -2.53. The average molecular weight is 379 g/mol. The summed E-state index contributed by atoms with van der Waals surface area (Å²) in [5.74, 6) is 0.569. The highest BCUT2D eigenvalue weighted by Crippen LogP contribution is 2.38. The van der Waals surface area contributed by atoms with Gasteiger partial charge in [-0.25, -0.2) is 4.52 Å². The smallest absolute Gasteiger partial charge is 0.289 e. The number of aryl methyl sites for hydroxylation is 1. The van der Waals surface area contributed by atoms with Crippen LogP contribution < -0.4 is 4.52 Å². The van der Waals surface area contributed by atoms with E-state index >= 15 is 0 Å². The third-order valence-electron chi connectivity index (χ3n) is 4.80. The average Bonchev–Trinajstić information content (AvgIpc) is 2.62. The van der Waals surface area contributed by atoms with Crippen molar-refractivity contribution in [1.29, 1.82) is 0 Å². The molecular formula is C22H20O4P+. The van der Waals surface area contributed by atoms with Crippen LogP contribution >= 0.6 is 8.25 Å². The van der Waals surface area contributed by atoms with Crippen molar-refractivity contribution < 1.29 is 18.8 Å². The molecule has 0 aromatic heterocycles. The fraction of sp³-hybridized carbons (Fsp3) is 0.136. The van der Waals surface area contributed by atoms with Gasteiger partial charge in [-0.1, -0.05) is 42.5 Å². The van der Waals surface area contributed by atoms with Crippen LogP contribution in [-0.2, 0) is 4.57 Å². The van der Waals surface area contributed by atoms with E-state index in [-0.39, 0.29) is 5.78 Å². The number of rotatable bonds is 4. The molecule has 1 N–H and O–H groups in total. The van der Waals surface area contributed by atoms with E-state index in [0.717, 1.165) is 22.3 Å². The van der Waals surface area contributed by atoms with E-state index in [1.807, 2.05) is 37.3 Å². The molecule has 2 aliphatic rings. The van der Waals surface area contributed by atoms with Crippen molar-refractivity contribution in [3.63, 3.8) is 0 Å². The molecule has 1 atom stereocenters. The number of fused-ring (bicyclic) bond motifs is 1. The second-order valence-electron chi connectivity index (χ2n) is 6.41. The minimum atomic E-state index is -2.53. The zero-order chi connectivity index (χ0) is 19.6. The van der Waals surface area contributed by atoms with E-state index in [4.69, 9.17) is 4.89 Å². The summed E-state index contributed by atoms with van der Waals surface area (Å²) in [5.41, 5.74) is 7.62. The molecule has 2 aromatic rings. The highest BCUT2D eigenvalue weighted by atomic mass is 31.1. The van der Waals surface area contributed by atoms with Crippen LogP contribution in [0.1, 0.15) is 32.6 Å². The molecule has 0 aliphatic heterocycles. The zero-order valence-electron chi connectivity index (χ0n) is 15.4. The number of para-hydroxylation sites is 1. The molecular weight excluding hydrogens is 359 g/mol. The fourth-order valence-corrected chi connectivity index (χ4v) is 3.20. The Labute approximate surface area is 159 Å². The van der Waals surface area contributed by atoms with Crippen molar-refractivity contribution in [2.75, 3.05) is 0 Å². The lowest BCUT2D eigenvalue weighted by atomic mass is 9.81. The minimum absolute atomic E-state index is 0.161. The van der Waals surface area contributed by atoms with Crippen LogP contribution in [0.4, 0.5) is 0 Å². The Morgan fingerprint density at radius 1 is 0.889 bits per heavy atom. The monoisotopic (exact) mass is 379 g/mol. The van der Waals surface area contributed by atoms with Crippen molar-refractivity contribution in [3.05, 3.63) is 88.5 Å². The van der Waals surface area contributed by atoms with E-state index in [1.54, 1.807) is 30.3 Å². The predicted octanol–water partition coefficient (Wildman–Crippen LogP) is 5.54. The zero-order valence-corrected chi connectivity index (χ0v) is 16.3. The van der Waals surface area contributed by atoms with Gasteiger partial charge < -0.3 is 0 Å². The topological polar surface area (TPSA) is 63.6 Å². The minimum Gasteiger partial charge on any atom is -0.289 e. The SMILES string of the molecule is Cc1ccc(C(=O)c2cc3ccc2-3)c(C)c1C.O=[P+](O)Oc1ccccc1. The molecule has 136 valence electrons. The largest absolute Gasteiger partial charge is 0.747 e. The first-order valence-corrected chi connectivity index (χ1v) is 9.66. The standard InChI is InChI=1S/C16H14O.C6H5O3P/c1-9-4-6-13(11(3)10(9)2)16(17)15-8-12-5-7-14(12)15;7-10(8)9-6-4-2-1-3-5-6/h4-8H,1-3H3;1-5H/p+1. The van der Waals surface area contributed by atoms with E-state index < -0.39 is 8.25 Å². The highest BCUT2D eigenvalue weighted by Gasteiger charge is 2.24. The summed E-state index contributed by atoms with van der Waals surface area (Å²) >= 11 is 0. The first-order chi connectivity index (χ1) is 12.9. The quantitative estimate of drug-likeness (QED) is 0.374. The summed E-state index contributed by atoms with van der Waals surface area (Å²) in [4.78, 5) is 20.7. The van der Waals surface area contributed by atoms with Crippen LogP contribution in [0.5, 0.6) is 5.75 Å². The van der Waals surface area contributed by atoms with Gasteiger partial charge in [0.1, 0.15) is 0 Å². The van der Waals surface area contributed by atoms with Crippen LogP contribution in [0.25, 0.3) is 11.1 Å². The van der Waals surface area contributed by atoms with Crippen LogP contribution in [0.3, 0.4) is 0 Å². The summed E-state index contributed by atoms with van der Waals surface area (Å²) in [5, 5.41) is 0. The van der Waals surface area contributed by atoms with E-state index in [1.165, 1.54) is 16.7 Å². The van der Waals surface area contributed by atoms with Gasteiger partial charge in [0.25, 0.3) is 0 Å². The van der Waals surface area contributed by atoms with Gasteiger partial charge in [-0.15, -0.1) is 4.89 Å². The molecule has 5 heteroatoms. The number of hydrogen-bond donors (Lipinski definition) is 1. The first-order valence-electron chi connectivity index (χ1n) is 8.53. The molecule has 4 rings (SSSR count). The summed E-state index contributed by atoms with van der Waals surface area (Å²) in [6.45, 7) is 6.18. The predicted molar refractivity (Wildman–Crippen MR) is 106 cm³/mol. The molecule has 0 amide bonds. The Balaban J connectivity index is 0.000000180. The van der Waals surface area contributed by atoms with Gasteiger partial charge in [0.05, 0.1) is 0 Å². The van der Waals surface area contributed by atoms with Gasteiger partial charge in [0, 0.05) is 15.7 Å². The van der Waals surface area contributed by atoms with Gasteiger partial charge in [-0.2, -0.15) is 0 Å². The van der Waals surface area contributed by atoms with Crippen LogP contribution in [0.15, 0.2) is 60.7 Å². The maximum Gasteiger partial charge on any atom is 0.747 e. The first kappa shape index (κ1) is 19.0. The van der Waals surface area contributed by atoms with Crippen LogP contribution in [0, 0.1) is 20.8 Å². The molecule has 1 unspecified atom stereocenters. The maximum absolute atomic E-state index is 12.4. The molecule has 0 radical (unpaired) electrons. The molecule has 2 aromatic carbocycles. The molecule has 0 heterocycles. The van der Waals surface area contributed by atoms with Crippen molar-refractivity contribution in [2.24, 2.45) is 0 Å². The fourth-order valence-electron chi connectivity index (χ4n) is 2.90. The number of carbonyl (C=O) groups is 1. The Morgan fingerprint density at radius 2 is 1.59 bits per heavy atom. The van der Waals surface area contributed by atoms with Crippen molar-refractivity contribution >= 4 is 14.0 Å². The summed E-state index contributed by atoms with van der Waals surface area (Å²) in [6, 6.07) is 18.5. The van der Waals surface area contributed by atoms with Crippen LogP contribution in [0.2, 0.25) is 0 Å². The Kier molecular flexibility index (Phi) is 5.50. The van der Waals surface area contributed by atoms with E-state index in [0.29, 0.717) is 5.75 Å². The molecule has 27 heavy (non-hydrogen) atoms. The molecule has 0 spiro atoms. The number of hydrogen-bond acceptors (Lipinski definition) is 3. The van der Waals surface area contributed by atoms with Crippen molar-refractivity contribution in [2.45, 2.75) is 20.8 Å². The van der Waals surface area contributed by atoms with Gasteiger partial charge in [0.2, 0.25) is 0 Å². The molecule has 0 bridgehead atoms. The molecule has 2 aliphatic carbocycles. The molecule has 0 saturated carbocycles. The lowest BCUT2D eigenvalue weighted by Gasteiger charge is -2.21. The van der Waals surface area contributed by atoms with Gasteiger partial charge in [-0.05, 0) is 66.8 Å². The lowest BCUT2D eigenvalue weighted by molar-refractivity contribution is 0.103. The molecule has 0 saturated heterocycles. The second kappa shape index (κ2) is 7.83. The van der Waals surface area contributed by atoms with Crippen LogP contribution in [-0.4, -0.2) is 10.7 Å². The third-order valence-corrected chi connectivity index (χ3v) is 5.17. The number of carbonyl (C=O) groups excluding carboxylic acids is 1. The maximum atomic E-state index is 12.4. The van der Waals surface area contributed by atoms with Crippen molar-refractivity contribution in [1.82, 2.24) is 0 Å². The Bertz CT molecular complexity index is 1030. The van der Waals surface area contributed by atoms with E-state index in [9.17, 15) is 9.36 Å². The lowest BCUT2D eigenvalue weighted by Crippen LogP contribution is -2.11. The third kappa shape index (κ3) is 3.97. The summed E-state index contributed by atoms with van der Waals surface area (Å²) < 4.78 is 14.6. The number of ketones is 1. The van der Waals surface area contributed by atoms with E-state index in [2.05, 4.69) is 18.4 Å². The van der Waals surface area contributed by atoms with Crippen molar-refractivity contribution in [3.8, 4) is 16.9 Å².